The second-order valence-electron chi connectivity index (χ2n) is 8.45. The average molecular weight is 408 g/mol. The zero-order valence-electron chi connectivity index (χ0n) is 16.6. The van der Waals surface area contributed by atoms with E-state index in [1.54, 1.807) is 0 Å². The monoisotopic (exact) mass is 408 g/mol. The molecule has 0 bridgehead atoms. The minimum atomic E-state index is 1.02. The van der Waals surface area contributed by atoms with Crippen molar-refractivity contribution >= 4 is 76.5 Å². The number of fused-ring (bicyclic) bond motifs is 12. The molecule has 6 heteroatoms. The maximum atomic E-state index is 4.80. The van der Waals surface area contributed by atoms with Crippen LogP contribution in [-0.4, -0.2) is 28.7 Å². The minimum absolute atomic E-state index is 1.02. The largest absolute Gasteiger partial charge is 0.305 e. The van der Waals surface area contributed by atoms with Gasteiger partial charge >= 0.3 is 0 Å². The van der Waals surface area contributed by atoms with Gasteiger partial charge < -0.3 is 8.80 Å². The summed E-state index contributed by atoms with van der Waals surface area (Å²) in [5.74, 6) is 0. The van der Waals surface area contributed by atoms with Crippen LogP contribution in [0.3, 0.4) is 0 Å². The molecule has 8 heterocycles. The molecule has 146 valence electrons. The number of hydrogen-bond donors (Lipinski definition) is 0. The summed E-state index contributed by atoms with van der Waals surface area (Å²) in [7, 11) is 0. The van der Waals surface area contributed by atoms with Gasteiger partial charge in [-0.15, -0.1) is 0 Å². The molecule has 0 fully saturated rings. The Kier molecular flexibility index (Phi) is 2.31. The van der Waals surface area contributed by atoms with Crippen LogP contribution in [0.1, 0.15) is 0 Å². The molecule has 0 aliphatic heterocycles. The number of pyridine rings is 4. The van der Waals surface area contributed by atoms with E-state index in [0.29, 0.717) is 0 Å². The predicted molar refractivity (Wildman–Crippen MR) is 127 cm³/mol. The van der Waals surface area contributed by atoms with Gasteiger partial charge in [-0.2, -0.15) is 0 Å². The molecular formula is C26H12N6. The van der Waals surface area contributed by atoms with Crippen LogP contribution in [0.2, 0.25) is 0 Å². The van der Waals surface area contributed by atoms with Crippen molar-refractivity contribution in [2.24, 2.45) is 0 Å². The minimum Gasteiger partial charge on any atom is -0.305 e. The topological polar surface area (TPSA) is 60.4 Å². The molecule has 0 N–H and O–H groups in total. The molecule has 8 aromatic heterocycles. The summed E-state index contributed by atoms with van der Waals surface area (Å²) in [6.07, 6.45) is 11.4. The lowest BCUT2D eigenvalue weighted by molar-refractivity contribution is 1.29. The fourth-order valence-corrected chi connectivity index (χ4v) is 5.84. The summed E-state index contributed by atoms with van der Waals surface area (Å²) < 4.78 is 4.63. The summed E-state index contributed by atoms with van der Waals surface area (Å²) in [6, 6.07) is 12.9. The standard InChI is InChI=1S/C26H12N6/c1-5-27-11-21-13(1)15-3-7-29-23-17-9-18-20(10-19(17)31(21)25(15)23)32-22-12-28-6-2-14(22)16-4-8-30-24(18)26(16)32/h1-12H. The van der Waals surface area contributed by atoms with Crippen molar-refractivity contribution in [1.29, 1.82) is 0 Å². The number of rotatable bonds is 0. The Hall–Kier alpha value is -4.58. The van der Waals surface area contributed by atoms with Crippen molar-refractivity contribution < 1.29 is 0 Å². The SMILES string of the molecule is c1cc2c3ccnc4c5cc6c7nccc8c9ccncc9n(c6cc5n(c2cn1)c34)c87. The highest BCUT2D eigenvalue weighted by Gasteiger charge is 2.22. The van der Waals surface area contributed by atoms with Gasteiger partial charge in [-0.25, -0.2) is 0 Å². The Morgan fingerprint density at radius 2 is 0.969 bits per heavy atom. The van der Waals surface area contributed by atoms with Crippen LogP contribution < -0.4 is 0 Å². The van der Waals surface area contributed by atoms with Gasteiger partial charge in [0.2, 0.25) is 0 Å². The van der Waals surface area contributed by atoms with Crippen LogP contribution in [0.15, 0.2) is 73.6 Å². The maximum absolute atomic E-state index is 4.80. The first-order chi connectivity index (χ1) is 15.9. The lowest BCUT2D eigenvalue weighted by Crippen LogP contribution is -1.84. The molecule has 0 unspecified atom stereocenters. The molecule has 0 amide bonds. The van der Waals surface area contributed by atoms with Crippen LogP contribution in [0.5, 0.6) is 0 Å². The number of benzene rings is 1. The van der Waals surface area contributed by atoms with E-state index in [9.17, 15) is 0 Å². The molecule has 0 radical (unpaired) electrons. The van der Waals surface area contributed by atoms with Crippen molar-refractivity contribution in [3.63, 3.8) is 0 Å². The van der Waals surface area contributed by atoms with Crippen molar-refractivity contribution in [3.05, 3.63) is 73.6 Å². The second-order valence-corrected chi connectivity index (χ2v) is 8.45. The fourth-order valence-electron chi connectivity index (χ4n) is 5.84. The second kappa shape index (κ2) is 4.84. The number of hydrogen-bond acceptors (Lipinski definition) is 4. The van der Waals surface area contributed by atoms with Gasteiger partial charge in [-0.1, -0.05) is 0 Å². The molecule has 0 saturated carbocycles. The zero-order chi connectivity index (χ0) is 20.6. The van der Waals surface area contributed by atoms with Gasteiger partial charge in [0.1, 0.15) is 0 Å². The Morgan fingerprint density at radius 1 is 0.469 bits per heavy atom. The Balaban J connectivity index is 1.64. The van der Waals surface area contributed by atoms with Gasteiger partial charge in [0.25, 0.3) is 0 Å². The van der Waals surface area contributed by atoms with Crippen LogP contribution in [0, 0.1) is 0 Å². The molecule has 1 aromatic carbocycles. The third-order valence-corrected chi connectivity index (χ3v) is 7.06. The van der Waals surface area contributed by atoms with E-state index >= 15 is 0 Å². The summed E-state index contributed by atoms with van der Waals surface area (Å²) in [4.78, 5) is 18.4. The molecule has 0 aliphatic rings. The van der Waals surface area contributed by atoms with E-state index in [0.717, 1.165) is 54.9 Å². The van der Waals surface area contributed by atoms with Gasteiger partial charge in [0, 0.05) is 57.1 Å². The fraction of sp³-hybridized carbons (Fsp3) is 0. The van der Waals surface area contributed by atoms with E-state index in [-0.39, 0.29) is 0 Å². The van der Waals surface area contributed by atoms with Crippen molar-refractivity contribution in [2.45, 2.75) is 0 Å². The quantitative estimate of drug-likeness (QED) is 0.329. The van der Waals surface area contributed by atoms with E-state index < -0.39 is 0 Å². The van der Waals surface area contributed by atoms with E-state index in [1.165, 1.54) is 21.5 Å². The highest BCUT2D eigenvalue weighted by Crippen LogP contribution is 2.42. The molecule has 0 aliphatic carbocycles. The van der Waals surface area contributed by atoms with Gasteiger partial charge in [0.15, 0.2) is 0 Å². The van der Waals surface area contributed by atoms with Crippen molar-refractivity contribution in [1.82, 2.24) is 28.7 Å². The van der Waals surface area contributed by atoms with E-state index in [4.69, 9.17) is 9.97 Å². The Morgan fingerprint density at radius 3 is 1.50 bits per heavy atom. The third kappa shape index (κ3) is 1.47. The normalized spacial score (nSPS) is 13.0. The van der Waals surface area contributed by atoms with Crippen molar-refractivity contribution in [2.75, 3.05) is 0 Å². The molecule has 0 saturated heterocycles. The van der Waals surface area contributed by atoms with Gasteiger partial charge in [-0.3, -0.25) is 19.9 Å². The predicted octanol–water partition coefficient (Wildman–Crippen LogP) is 5.57. The lowest BCUT2D eigenvalue weighted by Gasteiger charge is -2.00. The number of nitrogens with zero attached hydrogens (tertiary/aromatic N) is 6. The summed E-state index contributed by atoms with van der Waals surface area (Å²) in [5, 5.41) is 7.10. The molecule has 32 heavy (non-hydrogen) atoms. The van der Waals surface area contributed by atoms with Crippen LogP contribution in [-0.2, 0) is 0 Å². The molecule has 9 aromatic rings. The van der Waals surface area contributed by atoms with Gasteiger partial charge in [-0.05, 0) is 36.4 Å². The molecule has 9 rings (SSSR count). The molecular weight excluding hydrogens is 396 g/mol. The van der Waals surface area contributed by atoms with Crippen LogP contribution >= 0.6 is 0 Å². The highest BCUT2D eigenvalue weighted by molar-refractivity contribution is 6.27. The molecule has 0 atom stereocenters. The van der Waals surface area contributed by atoms with Crippen molar-refractivity contribution in [3.8, 4) is 0 Å². The lowest BCUT2D eigenvalue weighted by atomic mass is 10.1. The van der Waals surface area contributed by atoms with E-state index in [2.05, 4.69) is 55.2 Å². The first kappa shape index (κ1) is 15.3. The molecule has 6 nitrogen and oxygen atoms in total. The average Bonchev–Trinajstić information content (AvgIpc) is 3.56. The first-order valence-electron chi connectivity index (χ1n) is 10.6. The zero-order valence-corrected chi connectivity index (χ0v) is 16.6. The Bertz CT molecular complexity index is 2050. The summed E-state index contributed by atoms with van der Waals surface area (Å²) in [6.45, 7) is 0. The summed E-state index contributed by atoms with van der Waals surface area (Å²) >= 11 is 0. The smallest absolute Gasteiger partial charge is 0.0970 e. The number of aromatic nitrogens is 6. The van der Waals surface area contributed by atoms with Gasteiger partial charge in [0.05, 0.1) is 56.5 Å². The highest BCUT2D eigenvalue weighted by atomic mass is 15.0. The van der Waals surface area contributed by atoms with Crippen LogP contribution in [0.4, 0.5) is 0 Å². The molecule has 0 spiro atoms. The van der Waals surface area contributed by atoms with E-state index in [1.807, 2.05) is 37.2 Å². The summed E-state index contributed by atoms with van der Waals surface area (Å²) in [5.41, 5.74) is 8.83. The Labute approximate surface area is 179 Å². The third-order valence-electron chi connectivity index (χ3n) is 7.06. The van der Waals surface area contributed by atoms with Crippen LogP contribution in [0.25, 0.3) is 76.5 Å². The maximum Gasteiger partial charge on any atom is 0.0970 e. The first-order valence-corrected chi connectivity index (χ1v) is 10.6.